The van der Waals surface area contributed by atoms with Gasteiger partial charge in [0.15, 0.2) is 0 Å². The lowest BCUT2D eigenvalue weighted by atomic mass is 9.99. The van der Waals surface area contributed by atoms with Crippen LogP contribution < -0.4 is 4.90 Å². The molecule has 4 rings (SSSR count). The lowest BCUT2D eigenvalue weighted by molar-refractivity contribution is 0.445. The molecule has 5 heteroatoms. The monoisotopic (exact) mass is 310 g/mol. The maximum Gasteiger partial charge on any atom is 0.143 e. The predicted molar refractivity (Wildman–Crippen MR) is 89.9 cm³/mol. The molecule has 1 saturated heterocycles. The third-order valence-corrected chi connectivity index (χ3v) is 4.57. The molecule has 1 fully saturated rings. The molecule has 3 aromatic rings. The Morgan fingerprint density at radius 2 is 2.09 bits per heavy atom. The number of benzene rings is 1. The topological polar surface area (TPSA) is 44.8 Å². The van der Waals surface area contributed by atoms with Crippen molar-refractivity contribution in [1.82, 2.24) is 15.0 Å². The second-order valence-corrected chi connectivity index (χ2v) is 6.30. The molecule has 0 bridgehead atoms. The van der Waals surface area contributed by atoms with E-state index >= 15 is 0 Å². The van der Waals surface area contributed by atoms with E-state index in [1.54, 1.807) is 18.5 Å². The SMILES string of the molecule is C[C@H]1CCCN(c2ncnc3[nH]cc(-c4ccccc4F)c23)C1. The van der Waals surface area contributed by atoms with E-state index in [0.29, 0.717) is 11.5 Å². The summed E-state index contributed by atoms with van der Waals surface area (Å²) in [6.07, 6.45) is 5.82. The Morgan fingerprint density at radius 3 is 2.91 bits per heavy atom. The number of rotatable bonds is 2. The van der Waals surface area contributed by atoms with E-state index in [1.165, 1.54) is 12.5 Å². The van der Waals surface area contributed by atoms with Gasteiger partial charge in [0, 0.05) is 30.4 Å². The molecule has 4 nitrogen and oxygen atoms in total. The minimum absolute atomic E-state index is 0.227. The summed E-state index contributed by atoms with van der Waals surface area (Å²) >= 11 is 0. The van der Waals surface area contributed by atoms with E-state index in [2.05, 4.69) is 26.8 Å². The first-order valence-corrected chi connectivity index (χ1v) is 8.06. The predicted octanol–water partition coefficient (Wildman–Crippen LogP) is 4.00. The van der Waals surface area contributed by atoms with Gasteiger partial charge < -0.3 is 9.88 Å². The zero-order chi connectivity index (χ0) is 15.8. The summed E-state index contributed by atoms with van der Waals surface area (Å²) in [7, 11) is 0. The van der Waals surface area contributed by atoms with Crippen LogP contribution in [0.4, 0.5) is 10.2 Å². The standard InChI is InChI=1S/C18H19FN4/c1-12-5-4-8-23(10-12)18-16-14(9-20-17(16)21-11-22-18)13-6-2-3-7-15(13)19/h2-3,6-7,9,11-12H,4-5,8,10H2,1H3,(H,20,21,22)/t12-/m0/s1. The van der Waals surface area contributed by atoms with E-state index in [1.807, 2.05) is 12.3 Å². The number of hydrogen-bond acceptors (Lipinski definition) is 3. The molecule has 2 aromatic heterocycles. The third-order valence-electron chi connectivity index (χ3n) is 4.57. The molecule has 0 spiro atoms. The number of anilines is 1. The summed E-state index contributed by atoms with van der Waals surface area (Å²) in [6, 6.07) is 6.84. The van der Waals surface area contributed by atoms with Crippen molar-refractivity contribution in [1.29, 1.82) is 0 Å². The van der Waals surface area contributed by atoms with Gasteiger partial charge in [0.05, 0.1) is 5.39 Å². The van der Waals surface area contributed by atoms with Gasteiger partial charge in [-0.05, 0) is 24.8 Å². The van der Waals surface area contributed by atoms with Crippen LogP contribution in [0.15, 0.2) is 36.8 Å². The number of fused-ring (bicyclic) bond motifs is 1. The zero-order valence-electron chi connectivity index (χ0n) is 13.1. The lowest BCUT2D eigenvalue weighted by Gasteiger charge is -2.32. The molecular formula is C18H19FN4. The Morgan fingerprint density at radius 1 is 1.22 bits per heavy atom. The van der Waals surface area contributed by atoms with Crippen LogP contribution in [-0.4, -0.2) is 28.0 Å². The Bertz CT molecular complexity index is 842. The second kappa shape index (κ2) is 5.65. The Kier molecular flexibility index (Phi) is 3.48. The van der Waals surface area contributed by atoms with Crippen LogP contribution >= 0.6 is 0 Å². The number of hydrogen-bond donors (Lipinski definition) is 1. The molecular weight excluding hydrogens is 291 g/mol. The summed E-state index contributed by atoms with van der Waals surface area (Å²) in [5.74, 6) is 1.32. The van der Waals surface area contributed by atoms with Crippen molar-refractivity contribution >= 4 is 16.9 Å². The highest BCUT2D eigenvalue weighted by Crippen LogP contribution is 2.36. The molecule has 1 atom stereocenters. The average molecular weight is 310 g/mol. The van der Waals surface area contributed by atoms with E-state index in [-0.39, 0.29) is 5.82 Å². The molecule has 0 radical (unpaired) electrons. The fraction of sp³-hybridized carbons (Fsp3) is 0.333. The molecule has 1 aliphatic rings. The molecule has 1 N–H and O–H groups in total. The van der Waals surface area contributed by atoms with Gasteiger partial charge >= 0.3 is 0 Å². The van der Waals surface area contributed by atoms with Crippen molar-refractivity contribution in [3.8, 4) is 11.1 Å². The number of aromatic nitrogens is 3. The van der Waals surface area contributed by atoms with Crippen molar-refractivity contribution in [2.24, 2.45) is 5.92 Å². The van der Waals surface area contributed by atoms with Crippen molar-refractivity contribution in [2.75, 3.05) is 18.0 Å². The number of halogens is 1. The molecule has 0 unspecified atom stereocenters. The van der Waals surface area contributed by atoms with Crippen LogP contribution in [0, 0.1) is 11.7 Å². The highest BCUT2D eigenvalue weighted by Gasteiger charge is 2.22. The summed E-state index contributed by atoms with van der Waals surface area (Å²) in [5.41, 5.74) is 2.17. The van der Waals surface area contributed by atoms with Gasteiger partial charge in [0.25, 0.3) is 0 Å². The molecule has 0 saturated carbocycles. The highest BCUT2D eigenvalue weighted by molar-refractivity contribution is 6.01. The maximum atomic E-state index is 14.2. The van der Waals surface area contributed by atoms with Gasteiger partial charge in [-0.3, -0.25) is 0 Å². The molecule has 23 heavy (non-hydrogen) atoms. The molecule has 118 valence electrons. The number of nitrogens with one attached hydrogen (secondary N) is 1. The van der Waals surface area contributed by atoms with Crippen LogP contribution in [-0.2, 0) is 0 Å². The first-order chi connectivity index (χ1) is 11.2. The number of piperidine rings is 1. The minimum Gasteiger partial charge on any atom is -0.356 e. The van der Waals surface area contributed by atoms with Crippen molar-refractivity contribution in [2.45, 2.75) is 19.8 Å². The van der Waals surface area contributed by atoms with Crippen molar-refractivity contribution in [3.63, 3.8) is 0 Å². The number of H-pyrrole nitrogens is 1. The molecule has 0 amide bonds. The van der Waals surface area contributed by atoms with Crippen LogP contribution in [0.1, 0.15) is 19.8 Å². The molecule has 3 heterocycles. The summed E-state index contributed by atoms with van der Waals surface area (Å²) in [5, 5.41) is 0.909. The largest absolute Gasteiger partial charge is 0.356 e. The molecule has 1 aliphatic heterocycles. The molecule has 1 aromatic carbocycles. The van der Waals surface area contributed by atoms with Gasteiger partial charge in [-0.25, -0.2) is 14.4 Å². The Balaban J connectivity index is 1.89. The van der Waals surface area contributed by atoms with E-state index in [4.69, 9.17) is 0 Å². The number of nitrogens with zero attached hydrogens (tertiary/aromatic N) is 3. The summed E-state index contributed by atoms with van der Waals surface area (Å²) in [6.45, 7) is 4.23. The number of aromatic amines is 1. The van der Waals surface area contributed by atoms with Gasteiger partial charge in [0.2, 0.25) is 0 Å². The average Bonchev–Trinajstić information content (AvgIpc) is 2.99. The maximum absolute atomic E-state index is 14.2. The minimum atomic E-state index is -0.227. The highest BCUT2D eigenvalue weighted by atomic mass is 19.1. The fourth-order valence-electron chi connectivity index (χ4n) is 3.46. The lowest BCUT2D eigenvalue weighted by Crippen LogP contribution is -2.35. The fourth-order valence-corrected chi connectivity index (χ4v) is 3.46. The van der Waals surface area contributed by atoms with Gasteiger partial charge in [-0.15, -0.1) is 0 Å². The Labute approximate surface area is 134 Å². The first kappa shape index (κ1) is 14.2. The van der Waals surface area contributed by atoms with E-state index < -0.39 is 0 Å². The van der Waals surface area contributed by atoms with E-state index in [9.17, 15) is 4.39 Å². The van der Waals surface area contributed by atoms with Crippen LogP contribution in [0.5, 0.6) is 0 Å². The van der Waals surface area contributed by atoms with Crippen LogP contribution in [0.3, 0.4) is 0 Å². The van der Waals surface area contributed by atoms with Crippen LogP contribution in [0.2, 0.25) is 0 Å². The Hall–Kier alpha value is -2.43. The van der Waals surface area contributed by atoms with E-state index in [0.717, 1.165) is 41.9 Å². The summed E-state index contributed by atoms with van der Waals surface area (Å²) in [4.78, 5) is 14.3. The second-order valence-electron chi connectivity index (χ2n) is 6.30. The quantitative estimate of drug-likeness (QED) is 0.778. The smallest absolute Gasteiger partial charge is 0.143 e. The normalized spacial score (nSPS) is 18.5. The molecule has 0 aliphatic carbocycles. The van der Waals surface area contributed by atoms with Crippen LogP contribution in [0.25, 0.3) is 22.2 Å². The van der Waals surface area contributed by atoms with Crippen molar-refractivity contribution < 1.29 is 4.39 Å². The first-order valence-electron chi connectivity index (χ1n) is 8.06. The third kappa shape index (κ3) is 2.46. The van der Waals surface area contributed by atoms with Gasteiger partial charge in [-0.2, -0.15) is 0 Å². The van der Waals surface area contributed by atoms with Crippen molar-refractivity contribution in [3.05, 3.63) is 42.6 Å². The summed E-state index contributed by atoms with van der Waals surface area (Å²) < 4.78 is 14.2. The van der Waals surface area contributed by atoms with Gasteiger partial charge in [0.1, 0.15) is 23.6 Å². The van der Waals surface area contributed by atoms with Gasteiger partial charge in [-0.1, -0.05) is 25.1 Å². The zero-order valence-corrected chi connectivity index (χ0v) is 13.1.